The van der Waals surface area contributed by atoms with E-state index in [1.807, 2.05) is 6.07 Å². The zero-order valence-electron chi connectivity index (χ0n) is 10.2. The van der Waals surface area contributed by atoms with Crippen molar-refractivity contribution in [1.82, 2.24) is 4.98 Å². The van der Waals surface area contributed by atoms with Crippen molar-refractivity contribution in [1.29, 1.82) is 0 Å². The molecule has 0 atom stereocenters. The van der Waals surface area contributed by atoms with Crippen LogP contribution in [0.2, 0.25) is 0 Å². The maximum atomic E-state index is 12.0. The quantitative estimate of drug-likeness (QED) is 0.803. The van der Waals surface area contributed by atoms with Crippen LogP contribution in [0.3, 0.4) is 0 Å². The second-order valence-electron chi connectivity index (χ2n) is 4.81. The van der Waals surface area contributed by atoms with Crippen molar-refractivity contribution in [3.05, 3.63) is 28.5 Å². The van der Waals surface area contributed by atoms with E-state index in [1.165, 1.54) is 6.42 Å². The molecule has 1 aromatic rings. The third kappa shape index (κ3) is 3.48. The number of nitrogens with zero attached hydrogens (tertiary/aromatic N) is 1. The first-order chi connectivity index (χ1) is 8.66. The molecule has 1 heterocycles. The van der Waals surface area contributed by atoms with Crippen molar-refractivity contribution in [2.45, 2.75) is 38.5 Å². The van der Waals surface area contributed by atoms with Crippen LogP contribution < -0.4 is 0 Å². The van der Waals surface area contributed by atoms with Crippen molar-refractivity contribution in [3.8, 4) is 0 Å². The van der Waals surface area contributed by atoms with E-state index < -0.39 is 0 Å². The number of hydrogen-bond acceptors (Lipinski definition) is 3. The highest BCUT2D eigenvalue weighted by Gasteiger charge is 2.26. The molecule has 2 rings (SSSR count). The first-order valence-electron chi connectivity index (χ1n) is 6.33. The minimum Gasteiger partial charge on any atom is -0.291 e. The molecule has 3 nitrogen and oxygen atoms in total. The minimum atomic E-state index is -0.276. The van der Waals surface area contributed by atoms with Crippen molar-refractivity contribution in [2.75, 3.05) is 0 Å². The molecule has 1 aliphatic carbocycles. The van der Waals surface area contributed by atoms with Crippen molar-refractivity contribution in [2.24, 2.45) is 5.92 Å². The molecule has 0 radical (unpaired) electrons. The van der Waals surface area contributed by atoms with Gasteiger partial charge in [-0.15, -0.1) is 0 Å². The highest BCUT2D eigenvalue weighted by atomic mass is 79.9. The highest BCUT2D eigenvalue weighted by molar-refractivity contribution is 9.10. The number of hydrogen-bond donors (Lipinski definition) is 0. The summed E-state index contributed by atoms with van der Waals surface area (Å²) in [7, 11) is 0. The van der Waals surface area contributed by atoms with Crippen LogP contribution >= 0.6 is 15.9 Å². The van der Waals surface area contributed by atoms with Crippen LogP contribution in [0.5, 0.6) is 0 Å². The lowest BCUT2D eigenvalue weighted by molar-refractivity contribution is -0.139. The van der Waals surface area contributed by atoms with E-state index in [9.17, 15) is 9.59 Å². The number of aromatic nitrogens is 1. The zero-order chi connectivity index (χ0) is 13.0. The molecule has 0 unspecified atom stereocenters. The Morgan fingerprint density at radius 3 is 2.61 bits per heavy atom. The van der Waals surface area contributed by atoms with Gasteiger partial charge >= 0.3 is 0 Å². The van der Waals surface area contributed by atoms with Crippen molar-refractivity contribution < 1.29 is 9.59 Å². The van der Waals surface area contributed by atoms with E-state index in [4.69, 9.17) is 0 Å². The van der Waals surface area contributed by atoms with Crippen LogP contribution in [0.15, 0.2) is 22.9 Å². The fraction of sp³-hybridized carbons (Fsp3) is 0.500. The monoisotopic (exact) mass is 309 g/mol. The molecule has 1 aliphatic rings. The van der Waals surface area contributed by atoms with Gasteiger partial charge in [-0.3, -0.25) is 14.6 Å². The number of halogens is 1. The molecule has 96 valence electrons. The third-order valence-corrected chi connectivity index (χ3v) is 3.81. The summed E-state index contributed by atoms with van der Waals surface area (Å²) in [6, 6.07) is 1.83. The van der Waals surface area contributed by atoms with Gasteiger partial charge in [0.2, 0.25) is 11.6 Å². The molecule has 0 amide bonds. The van der Waals surface area contributed by atoms with Gasteiger partial charge < -0.3 is 0 Å². The second-order valence-corrected chi connectivity index (χ2v) is 5.73. The Kier molecular flexibility index (Phi) is 4.64. The molecular formula is C14H16BrNO2. The van der Waals surface area contributed by atoms with Crippen LogP contribution in [0.25, 0.3) is 0 Å². The second kappa shape index (κ2) is 6.23. The van der Waals surface area contributed by atoms with E-state index in [0.29, 0.717) is 0 Å². The molecule has 0 aromatic carbocycles. The number of carbonyl (C=O) groups is 2. The molecule has 0 spiro atoms. The largest absolute Gasteiger partial charge is 0.291 e. The molecule has 18 heavy (non-hydrogen) atoms. The van der Waals surface area contributed by atoms with Gasteiger partial charge in [0.25, 0.3) is 0 Å². The van der Waals surface area contributed by atoms with E-state index in [1.54, 1.807) is 12.4 Å². The van der Waals surface area contributed by atoms with Crippen LogP contribution in [0, 0.1) is 5.92 Å². The predicted molar refractivity (Wildman–Crippen MR) is 72.2 cm³/mol. The van der Waals surface area contributed by atoms with Gasteiger partial charge in [-0.1, -0.05) is 19.3 Å². The number of ketones is 2. The average Bonchev–Trinajstić information content (AvgIpc) is 2.39. The average molecular weight is 310 g/mol. The van der Waals surface area contributed by atoms with Crippen molar-refractivity contribution >= 4 is 27.5 Å². The first kappa shape index (κ1) is 13.4. The van der Waals surface area contributed by atoms with Gasteiger partial charge in [0.1, 0.15) is 0 Å². The molecule has 1 saturated carbocycles. The standard InChI is InChI=1S/C14H16BrNO2/c15-12-6-10(8-16-9-12)7-13(17)14(18)11-4-2-1-3-5-11/h6,8-9,11H,1-5,7H2. The molecule has 0 bridgehead atoms. The Morgan fingerprint density at radius 2 is 1.94 bits per heavy atom. The maximum absolute atomic E-state index is 12.0. The minimum absolute atomic E-state index is 0.0358. The van der Waals surface area contributed by atoms with Gasteiger partial charge in [0.05, 0.1) is 0 Å². The lowest BCUT2D eigenvalue weighted by Crippen LogP contribution is -2.27. The lowest BCUT2D eigenvalue weighted by atomic mass is 9.84. The summed E-state index contributed by atoms with van der Waals surface area (Å²) in [5.41, 5.74) is 0.790. The summed E-state index contributed by atoms with van der Waals surface area (Å²) in [5, 5.41) is 0. The number of pyridine rings is 1. The maximum Gasteiger partial charge on any atom is 0.203 e. The lowest BCUT2D eigenvalue weighted by Gasteiger charge is -2.19. The summed E-state index contributed by atoms with van der Waals surface area (Å²) in [5.74, 6) is -0.497. The van der Waals surface area contributed by atoms with Crippen LogP contribution in [0.1, 0.15) is 37.7 Å². The summed E-state index contributed by atoms with van der Waals surface area (Å²) >= 11 is 3.31. The predicted octanol–water partition coefficient (Wildman–Crippen LogP) is 3.11. The summed E-state index contributed by atoms with van der Waals surface area (Å²) in [6.45, 7) is 0. The molecule has 1 fully saturated rings. The van der Waals surface area contributed by atoms with Crippen LogP contribution in [-0.4, -0.2) is 16.6 Å². The van der Waals surface area contributed by atoms with Crippen LogP contribution in [0.4, 0.5) is 0 Å². The third-order valence-electron chi connectivity index (χ3n) is 3.38. The van der Waals surface area contributed by atoms with Gasteiger partial charge in [-0.05, 0) is 40.4 Å². The van der Waals surface area contributed by atoms with E-state index >= 15 is 0 Å². The molecule has 0 saturated heterocycles. The Balaban J connectivity index is 1.96. The molecule has 4 heteroatoms. The van der Waals surface area contributed by atoms with E-state index in [0.717, 1.165) is 35.7 Å². The Hall–Kier alpha value is -1.03. The Morgan fingerprint density at radius 1 is 1.22 bits per heavy atom. The van der Waals surface area contributed by atoms with E-state index in [-0.39, 0.29) is 23.9 Å². The first-order valence-corrected chi connectivity index (χ1v) is 7.12. The van der Waals surface area contributed by atoms with Gasteiger partial charge in [0, 0.05) is 29.2 Å². The highest BCUT2D eigenvalue weighted by Crippen LogP contribution is 2.25. The Bertz CT molecular complexity index is 453. The summed E-state index contributed by atoms with van der Waals surface area (Å²) in [4.78, 5) is 27.9. The zero-order valence-corrected chi connectivity index (χ0v) is 11.8. The molecule has 0 aliphatic heterocycles. The smallest absolute Gasteiger partial charge is 0.203 e. The van der Waals surface area contributed by atoms with Gasteiger partial charge in [0.15, 0.2) is 0 Å². The summed E-state index contributed by atoms with van der Waals surface area (Å²) in [6.07, 6.45) is 8.55. The Labute approximate surface area is 115 Å². The van der Waals surface area contributed by atoms with Gasteiger partial charge in [-0.25, -0.2) is 0 Å². The van der Waals surface area contributed by atoms with E-state index in [2.05, 4.69) is 20.9 Å². The molecule has 0 N–H and O–H groups in total. The number of Topliss-reactive ketones (excluding diaryl/α,β-unsaturated/α-hetero) is 2. The normalized spacial score (nSPS) is 16.5. The SMILES string of the molecule is O=C(Cc1cncc(Br)c1)C(=O)C1CCCCC1. The number of carbonyl (C=O) groups excluding carboxylic acids is 2. The summed E-state index contributed by atoms with van der Waals surface area (Å²) < 4.78 is 0.831. The van der Waals surface area contributed by atoms with Crippen LogP contribution in [-0.2, 0) is 16.0 Å². The van der Waals surface area contributed by atoms with Gasteiger partial charge in [-0.2, -0.15) is 0 Å². The van der Waals surface area contributed by atoms with Crippen molar-refractivity contribution in [3.63, 3.8) is 0 Å². The fourth-order valence-electron chi connectivity index (χ4n) is 2.42. The molecular weight excluding hydrogens is 294 g/mol. The topological polar surface area (TPSA) is 47.0 Å². The number of rotatable bonds is 4. The fourth-order valence-corrected chi connectivity index (χ4v) is 2.83. The molecule has 1 aromatic heterocycles.